The number of carboxylic acids is 1. The van der Waals surface area contributed by atoms with Crippen LogP contribution in [0.25, 0.3) is 0 Å². The minimum atomic E-state index is -1.13. The van der Waals surface area contributed by atoms with Crippen molar-refractivity contribution in [2.24, 2.45) is 68.0 Å². The lowest BCUT2D eigenvalue weighted by Gasteiger charge is -2.73. The molecular weight excluding hydrogens is 610 g/mol. The van der Waals surface area contributed by atoms with Gasteiger partial charge in [0.25, 0.3) is 0 Å². The molecule has 0 aromatic carbocycles. The standard InChI is InChI=1S/C43H69NO5/c1-27(2)29-13-20-43(25-34(45)44-23-16-28(3)17-24-44)22-21-41(9)30(36(29)43)11-12-32-40(8)18-15-33(49-35(46)26-38(4,5)37(47)48)39(6,7)31(40)14-19-42(32,41)10/h28-33,36H,1,11-26H2,2-10H3,(H,47,48)/t29-,30+,31-,32+,33-,36+,40-,41+,42+,43+/m0/s1. The third kappa shape index (κ3) is 5.74. The molecule has 1 saturated heterocycles. The van der Waals surface area contributed by atoms with Gasteiger partial charge in [-0.3, -0.25) is 14.4 Å². The fraction of sp³-hybridized carbons (Fsp3) is 0.884. The lowest BCUT2D eigenvalue weighted by atomic mass is 9.32. The average Bonchev–Trinajstić information content (AvgIpc) is 3.38. The van der Waals surface area contributed by atoms with E-state index in [1.807, 2.05) is 0 Å². The van der Waals surface area contributed by atoms with Crippen LogP contribution in [0.15, 0.2) is 12.2 Å². The van der Waals surface area contributed by atoms with Crippen molar-refractivity contribution >= 4 is 17.8 Å². The molecule has 0 aromatic heterocycles. The summed E-state index contributed by atoms with van der Waals surface area (Å²) in [6, 6.07) is 0. The van der Waals surface area contributed by atoms with Gasteiger partial charge in [0, 0.05) is 24.9 Å². The largest absolute Gasteiger partial charge is 0.481 e. The number of piperidine rings is 1. The highest BCUT2D eigenvalue weighted by atomic mass is 16.5. The molecule has 6 fully saturated rings. The zero-order valence-corrected chi connectivity index (χ0v) is 32.6. The number of nitrogens with zero attached hydrogens (tertiary/aromatic N) is 1. The van der Waals surface area contributed by atoms with Crippen molar-refractivity contribution < 1.29 is 24.2 Å². The Morgan fingerprint density at radius 2 is 1.51 bits per heavy atom. The first-order chi connectivity index (χ1) is 22.7. The molecule has 6 rings (SSSR count). The highest BCUT2D eigenvalue weighted by Gasteiger charge is 2.71. The summed E-state index contributed by atoms with van der Waals surface area (Å²) in [6.45, 7) is 26.8. The van der Waals surface area contributed by atoms with E-state index in [1.165, 1.54) is 50.5 Å². The summed E-state index contributed by atoms with van der Waals surface area (Å²) < 4.78 is 6.19. The summed E-state index contributed by atoms with van der Waals surface area (Å²) in [7, 11) is 0. The fourth-order valence-corrected chi connectivity index (χ4v) is 14.1. The molecule has 276 valence electrons. The van der Waals surface area contributed by atoms with Gasteiger partial charge in [-0.15, -0.1) is 0 Å². The van der Waals surface area contributed by atoms with Crippen LogP contribution in [-0.4, -0.2) is 47.0 Å². The lowest BCUT2D eigenvalue weighted by Crippen LogP contribution is -2.67. The van der Waals surface area contributed by atoms with Gasteiger partial charge in [-0.1, -0.05) is 53.7 Å². The number of hydrogen-bond donors (Lipinski definition) is 1. The van der Waals surface area contributed by atoms with E-state index in [2.05, 4.69) is 59.9 Å². The maximum absolute atomic E-state index is 14.0. The molecule has 10 atom stereocenters. The first-order valence-corrected chi connectivity index (χ1v) is 20.1. The monoisotopic (exact) mass is 680 g/mol. The Kier molecular flexibility index (Phi) is 9.33. The van der Waals surface area contributed by atoms with Crippen LogP contribution in [0.1, 0.15) is 152 Å². The van der Waals surface area contributed by atoms with Gasteiger partial charge in [-0.05, 0) is 155 Å². The summed E-state index contributed by atoms with van der Waals surface area (Å²) in [5.74, 6) is 2.52. The summed E-state index contributed by atoms with van der Waals surface area (Å²) in [6.07, 6.45) is 14.2. The predicted molar refractivity (Wildman–Crippen MR) is 194 cm³/mol. The normalized spacial score (nSPS) is 43.4. The van der Waals surface area contributed by atoms with Crippen LogP contribution < -0.4 is 0 Å². The Hall–Kier alpha value is -1.85. The third-order valence-electron chi connectivity index (χ3n) is 17.3. The number of ether oxygens (including phenoxy) is 1. The van der Waals surface area contributed by atoms with Crippen molar-refractivity contribution in [1.82, 2.24) is 4.90 Å². The summed E-state index contributed by atoms with van der Waals surface area (Å²) in [5.41, 5.74) is 0.720. The quantitative estimate of drug-likeness (QED) is 0.214. The van der Waals surface area contributed by atoms with Crippen molar-refractivity contribution in [1.29, 1.82) is 0 Å². The number of rotatable bonds is 7. The van der Waals surface area contributed by atoms with Gasteiger partial charge in [-0.2, -0.15) is 0 Å². The average molecular weight is 680 g/mol. The number of carboxylic acid groups (broad SMARTS) is 1. The number of allylic oxidation sites excluding steroid dienone is 1. The van der Waals surface area contributed by atoms with Crippen molar-refractivity contribution in [3.63, 3.8) is 0 Å². The van der Waals surface area contributed by atoms with Crippen molar-refractivity contribution in [3.05, 3.63) is 12.2 Å². The second-order valence-corrected chi connectivity index (χ2v) is 20.5. The number of esters is 1. The second kappa shape index (κ2) is 12.4. The van der Waals surface area contributed by atoms with Crippen LogP contribution in [0, 0.1) is 68.0 Å². The molecule has 1 heterocycles. The zero-order valence-electron chi connectivity index (χ0n) is 32.6. The number of likely N-dealkylation sites (tertiary alicyclic amines) is 1. The minimum Gasteiger partial charge on any atom is -0.481 e. The van der Waals surface area contributed by atoms with Crippen LogP contribution in [0.3, 0.4) is 0 Å². The lowest BCUT2D eigenvalue weighted by molar-refractivity contribution is -0.250. The Balaban J connectivity index is 1.24. The van der Waals surface area contributed by atoms with Crippen molar-refractivity contribution in [2.75, 3.05) is 13.1 Å². The molecule has 49 heavy (non-hydrogen) atoms. The van der Waals surface area contributed by atoms with E-state index in [-0.39, 0.29) is 45.6 Å². The van der Waals surface area contributed by atoms with Crippen LogP contribution in [0.5, 0.6) is 0 Å². The third-order valence-corrected chi connectivity index (χ3v) is 17.3. The minimum absolute atomic E-state index is 0.103. The summed E-state index contributed by atoms with van der Waals surface area (Å²) in [4.78, 5) is 41.0. The predicted octanol–water partition coefficient (Wildman–Crippen LogP) is 9.71. The molecule has 1 amide bonds. The van der Waals surface area contributed by atoms with Crippen LogP contribution in [-0.2, 0) is 19.1 Å². The Morgan fingerprint density at radius 3 is 2.14 bits per heavy atom. The first-order valence-electron chi connectivity index (χ1n) is 20.1. The summed E-state index contributed by atoms with van der Waals surface area (Å²) in [5, 5.41) is 9.60. The second-order valence-electron chi connectivity index (χ2n) is 20.5. The Bertz CT molecular complexity index is 1340. The Morgan fingerprint density at radius 1 is 0.837 bits per heavy atom. The number of amides is 1. The molecule has 0 aromatic rings. The fourth-order valence-electron chi connectivity index (χ4n) is 14.1. The van der Waals surface area contributed by atoms with Gasteiger partial charge in [0.05, 0.1) is 11.8 Å². The highest BCUT2D eigenvalue weighted by molar-refractivity contribution is 5.81. The zero-order chi connectivity index (χ0) is 35.9. The van der Waals surface area contributed by atoms with Gasteiger partial charge >= 0.3 is 11.9 Å². The molecule has 0 radical (unpaired) electrons. The molecule has 0 unspecified atom stereocenters. The molecule has 1 N–H and O–H groups in total. The highest BCUT2D eigenvalue weighted by Crippen LogP contribution is 2.78. The van der Waals surface area contributed by atoms with Gasteiger partial charge in [-0.25, -0.2) is 0 Å². The molecule has 5 aliphatic carbocycles. The number of carbonyl (C=O) groups is 3. The number of carbonyl (C=O) groups excluding carboxylic acids is 2. The smallest absolute Gasteiger partial charge is 0.309 e. The van der Waals surface area contributed by atoms with E-state index in [0.717, 1.165) is 57.5 Å². The van der Waals surface area contributed by atoms with Gasteiger partial charge in [0.2, 0.25) is 5.91 Å². The molecule has 1 aliphatic heterocycles. The summed E-state index contributed by atoms with van der Waals surface area (Å²) >= 11 is 0. The molecule has 6 aliphatic rings. The van der Waals surface area contributed by atoms with Gasteiger partial charge < -0.3 is 14.7 Å². The van der Waals surface area contributed by atoms with E-state index >= 15 is 0 Å². The molecule has 0 bridgehead atoms. The first kappa shape index (κ1) is 36.9. The van der Waals surface area contributed by atoms with Crippen LogP contribution >= 0.6 is 0 Å². The van der Waals surface area contributed by atoms with Crippen molar-refractivity contribution in [2.45, 2.75) is 158 Å². The van der Waals surface area contributed by atoms with Gasteiger partial charge in [0.15, 0.2) is 0 Å². The van der Waals surface area contributed by atoms with Crippen molar-refractivity contribution in [3.8, 4) is 0 Å². The Labute approximate surface area is 297 Å². The van der Waals surface area contributed by atoms with Gasteiger partial charge in [0.1, 0.15) is 6.10 Å². The SMILES string of the molecule is C=C(C)[C@@H]1CC[C@]2(CC(=O)N3CCC(C)CC3)CC[C@]3(C)[C@H](CC[C@@H]4[C@@]5(C)CC[C@H](OC(=O)CC(C)(C)C(=O)O)C(C)(C)[C@@H]5CC[C@]43C)[C@@H]12. The van der Waals surface area contributed by atoms with Crippen LogP contribution in [0.2, 0.25) is 0 Å². The molecule has 5 saturated carbocycles. The molecular formula is C43H69NO5. The van der Waals surface area contributed by atoms with E-state index in [1.54, 1.807) is 13.8 Å². The molecule has 6 nitrogen and oxygen atoms in total. The van der Waals surface area contributed by atoms with E-state index in [0.29, 0.717) is 35.5 Å². The number of hydrogen-bond acceptors (Lipinski definition) is 4. The number of fused-ring (bicyclic) bond motifs is 7. The topological polar surface area (TPSA) is 83.9 Å². The molecule has 6 heteroatoms. The maximum Gasteiger partial charge on any atom is 0.309 e. The maximum atomic E-state index is 14.0. The number of aliphatic carboxylic acids is 1. The van der Waals surface area contributed by atoms with E-state index in [4.69, 9.17) is 4.74 Å². The molecule has 0 spiro atoms. The van der Waals surface area contributed by atoms with Crippen LogP contribution in [0.4, 0.5) is 0 Å². The van der Waals surface area contributed by atoms with E-state index < -0.39 is 11.4 Å². The van der Waals surface area contributed by atoms with E-state index in [9.17, 15) is 19.5 Å².